The van der Waals surface area contributed by atoms with Crippen molar-refractivity contribution in [3.05, 3.63) is 0 Å². The van der Waals surface area contributed by atoms with Gasteiger partial charge >= 0.3 is 0 Å². The van der Waals surface area contributed by atoms with Crippen molar-refractivity contribution in [3.63, 3.8) is 0 Å². The highest BCUT2D eigenvalue weighted by molar-refractivity contribution is 5.82. The van der Waals surface area contributed by atoms with Crippen LogP contribution in [0.25, 0.3) is 0 Å². The molecule has 82 valence electrons. The quantitative estimate of drug-likeness (QED) is 0.709. The molecule has 1 aliphatic heterocycles. The molecule has 14 heavy (non-hydrogen) atoms. The Balaban J connectivity index is 2.47. The second-order valence-electron chi connectivity index (χ2n) is 4.20. The number of nitrogens with zero attached hydrogens (tertiary/aromatic N) is 1. The molecule has 0 saturated carbocycles. The minimum Gasteiger partial charge on any atom is -0.380 e. The summed E-state index contributed by atoms with van der Waals surface area (Å²) in [4.78, 5) is 13.6. The Kier molecular flexibility index (Phi) is 3.89. The van der Waals surface area contributed by atoms with Crippen molar-refractivity contribution in [3.8, 4) is 0 Å². The van der Waals surface area contributed by atoms with Gasteiger partial charge in [0, 0.05) is 20.2 Å². The van der Waals surface area contributed by atoms with Crippen LogP contribution in [0.2, 0.25) is 0 Å². The fraction of sp³-hybridized carbons (Fsp3) is 0.900. The van der Waals surface area contributed by atoms with E-state index in [0.717, 1.165) is 13.0 Å². The van der Waals surface area contributed by atoms with E-state index in [1.54, 1.807) is 12.0 Å². The van der Waals surface area contributed by atoms with E-state index in [9.17, 15) is 4.79 Å². The number of nitrogens with two attached hydrogens (primary N) is 1. The van der Waals surface area contributed by atoms with Gasteiger partial charge in [-0.25, -0.2) is 0 Å². The second-order valence-corrected chi connectivity index (χ2v) is 4.20. The molecule has 0 bridgehead atoms. The molecular weight excluding hydrogens is 180 g/mol. The molecule has 0 radical (unpaired) electrons. The highest BCUT2D eigenvalue weighted by atomic mass is 16.5. The Bertz CT molecular complexity index is 206. The van der Waals surface area contributed by atoms with Crippen molar-refractivity contribution in [2.75, 3.05) is 20.2 Å². The highest BCUT2D eigenvalue weighted by Crippen LogP contribution is 2.14. The first-order chi connectivity index (χ1) is 6.56. The average molecular weight is 200 g/mol. The number of carbonyl (C=O) groups excluding carboxylic acids is 1. The topological polar surface area (TPSA) is 55.6 Å². The molecule has 1 heterocycles. The number of hydrogen-bond acceptors (Lipinski definition) is 3. The van der Waals surface area contributed by atoms with Crippen LogP contribution >= 0.6 is 0 Å². The van der Waals surface area contributed by atoms with Gasteiger partial charge in [-0.05, 0) is 12.3 Å². The zero-order valence-corrected chi connectivity index (χ0v) is 9.19. The van der Waals surface area contributed by atoms with Crippen LogP contribution in [0.4, 0.5) is 0 Å². The molecule has 1 amide bonds. The summed E-state index contributed by atoms with van der Waals surface area (Å²) in [6.07, 6.45) is 1.12. The van der Waals surface area contributed by atoms with Crippen molar-refractivity contribution in [2.24, 2.45) is 11.7 Å². The second kappa shape index (κ2) is 4.75. The van der Waals surface area contributed by atoms with Gasteiger partial charge in [-0.3, -0.25) is 4.79 Å². The Morgan fingerprint density at radius 2 is 2.21 bits per heavy atom. The van der Waals surface area contributed by atoms with Crippen molar-refractivity contribution < 1.29 is 9.53 Å². The summed E-state index contributed by atoms with van der Waals surface area (Å²) < 4.78 is 5.20. The van der Waals surface area contributed by atoms with Gasteiger partial charge in [-0.1, -0.05) is 13.8 Å². The number of likely N-dealkylation sites (tertiary alicyclic amines) is 1. The van der Waals surface area contributed by atoms with E-state index in [1.807, 2.05) is 13.8 Å². The number of ether oxygens (including phenoxy) is 1. The lowest BCUT2D eigenvalue weighted by Crippen LogP contribution is -2.45. The average Bonchev–Trinajstić information content (AvgIpc) is 2.63. The summed E-state index contributed by atoms with van der Waals surface area (Å²) in [5, 5.41) is 0. The minimum atomic E-state index is -0.370. The van der Waals surface area contributed by atoms with Gasteiger partial charge in [0.05, 0.1) is 12.1 Å². The first kappa shape index (κ1) is 11.5. The molecule has 4 nitrogen and oxygen atoms in total. The zero-order chi connectivity index (χ0) is 10.7. The molecule has 0 aromatic heterocycles. The predicted molar refractivity (Wildman–Crippen MR) is 54.8 cm³/mol. The predicted octanol–water partition coefficient (Wildman–Crippen LogP) is 0.217. The van der Waals surface area contributed by atoms with E-state index in [0.29, 0.717) is 6.54 Å². The maximum atomic E-state index is 11.8. The van der Waals surface area contributed by atoms with Crippen molar-refractivity contribution in [1.29, 1.82) is 0 Å². The Morgan fingerprint density at radius 3 is 2.64 bits per heavy atom. The molecule has 0 aliphatic carbocycles. The van der Waals surface area contributed by atoms with E-state index in [1.165, 1.54) is 0 Å². The Morgan fingerprint density at radius 1 is 1.57 bits per heavy atom. The van der Waals surface area contributed by atoms with E-state index in [2.05, 4.69) is 0 Å². The summed E-state index contributed by atoms with van der Waals surface area (Å²) in [5.74, 6) is 0.253. The van der Waals surface area contributed by atoms with Crippen LogP contribution in [-0.2, 0) is 9.53 Å². The lowest BCUT2D eigenvalue weighted by Gasteiger charge is -2.22. The van der Waals surface area contributed by atoms with Crippen LogP contribution in [0.15, 0.2) is 0 Å². The number of rotatable bonds is 3. The Labute approximate surface area is 85.4 Å². The summed E-state index contributed by atoms with van der Waals surface area (Å²) >= 11 is 0. The van der Waals surface area contributed by atoms with Gasteiger partial charge in [-0.15, -0.1) is 0 Å². The van der Waals surface area contributed by atoms with E-state index in [-0.39, 0.29) is 24.0 Å². The third-order valence-corrected chi connectivity index (χ3v) is 2.79. The van der Waals surface area contributed by atoms with Crippen LogP contribution in [0.1, 0.15) is 20.3 Å². The normalized spacial score (nSPS) is 24.4. The molecule has 2 atom stereocenters. The lowest BCUT2D eigenvalue weighted by molar-refractivity contribution is -0.132. The van der Waals surface area contributed by atoms with E-state index >= 15 is 0 Å². The van der Waals surface area contributed by atoms with Crippen molar-refractivity contribution >= 4 is 5.91 Å². The summed E-state index contributed by atoms with van der Waals surface area (Å²) in [5.41, 5.74) is 5.79. The summed E-state index contributed by atoms with van der Waals surface area (Å²) in [6.45, 7) is 5.40. The van der Waals surface area contributed by atoms with Gasteiger partial charge in [0.1, 0.15) is 0 Å². The molecule has 0 spiro atoms. The SMILES string of the molecule is CO[C@H]1CCN(C(=O)[C@H](N)C(C)C)C1. The minimum absolute atomic E-state index is 0.0551. The fourth-order valence-electron chi connectivity index (χ4n) is 1.62. The van der Waals surface area contributed by atoms with E-state index in [4.69, 9.17) is 10.5 Å². The standard InChI is InChI=1S/C10H20N2O2/c1-7(2)9(11)10(13)12-5-4-8(6-12)14-3/h7-9H,4-6,11H2,1-3H3/t8-,9+/m0/s1. The highest BCUT2D eigenvalue weighted by Gasteiger charge is 2.30. The van der Waals surface area contributed by atoms with Crippen LogP contribution in [-0.4, -0.2) is 43.2 Å². The molecule has 1 saturated heterocycles. The molecule has 0 aromatic carbocycles. The van der Waals surface area contributed by atoms with Gasteiger partial charge in [0.2, 0.25) is 5.91 Å². The van der Waals surface area contributed by atoms with Crippen LogP contribution in [0, 0.1) is 5.92 Å². The molecule has 2 N–H and O–H groups in total. The lowest BCUT2D eigenvalue weighted by atomic mass is 10.0. The maximum absolute atomic E-state index is 11.8. The molecular formula is C10H20N2O2. The number of methoxy groups -OCH3 is 1. The molecule has 1 fully saturated rings. The summed E-state index contributed by atoms with van der Waals surface area (Å²) in [7, 11) is 1.68. The van der Waals surface area contributed by atoms with Crippen LogP contribution < -0.4 is 5.73 Å². The Hall–Kier alpha value is -0.610. The first-order valence-electron chi connectivity index (χ1n) is 5.13. The first-order valence-corrected chi connectivity index (χ1v) is 5.13. The number of hydrogen-bond donors (Lipinski definition) is 1. The van der Waals surface area contributed by atoms with Gasteiger partial charge in [0.15, 0.2) is 0 Å². The maximum Gasteiger partial charge on any atom is 0.239 e. The number of amides is 1. The molecule has 1 aliphatic rings. The third-order valence-electron chi connectivity index (χ3n) is 2.79. The van der Waals surface area contributed by atoms with Gasteiger partial charge in [-0.2, -0.15) is 0 Å². The molecule has 0 unspecified atom stereocenters. The van der Waals surface area contributed by atoms with Crippen molar-refractivity contribution in [1.82, 2.24) is 4.90 Å². The van der Waals surface area contributed by atoms with E-state index < -0.39 is 0 Å². The fourth-order valence-corrected chi connectivity index (χ4v) is 1.62. The van der Waals surface area contributed by atoms with Gasteiger partial charge in [0.25, 0.3) is 0 Å². The molecule has 0 aromatic rings. The van der Waals surface area contributed by atoms with Crippen LogP contribution in [0.3, 0.4) is 0 Å². The molecule has 1 rings (SSSR count). The van der Waals surface area contributed by atoms with Gasteiger partial charge < -0.3 is 15.4 Å². The molecule has 4 heteroatoms. The van der Waals surface area contributed by atoms with Crippen molar-refractivity contribution in [2.45, 2.75) is 32.4 Å². The summed E-state index contributed by atoms with van der Waals surface area (Å²) in [6, 6.07) is -0.370. The third kappa shape index (κ3) is 2.45. The zero-order valence-electron chi connectivity index (χ0n) is 9.19. The smallest absolute Gasteiger partial charge is 0.239 e. The van der Waals surface area contributed by atoms with Crippen LogP contribution in [0.5, 0.6) is 0 Å². The monoisotopic (exact) mass is 200 g/mol. The largest absolute Gasteiger partial charge is 0.380 e. The number of carbonyl (C=O) groups is 1.